The Labute approximate surface area is 115 Å². The van der Waals surface area contributed by atoms with Crippen molar-refractivity contribution >= 4 is 11.3 Å². The van der Waals surface area contributed by atoms with Gasteiger partial charge in [0.1, 0.15) is 0 Å². The van der Waals surface area contributed by atoms with Gasteiger partial charge in [-0.15, -0.1) is 11.3 Å². The van der Waals surface area contributed by atoms with E-state index in [1.807, 2.05) is 5.51 Å². The van der Waals surface area contributed by atoms with Crippen molar-refractivity contribution in [2.75, 3.05) is 26.7 Å². The summed E-state index contributed by atoms with van der Waals surface area (Å²) in [6, 6.07) is 0. The molecule has 1 fully saturated rings. The van der Waals surface area contributed by atoms with E-state index in [-0.39, 0.29) is 0 Å². The highest BCUT2D eigenvalue weighted by atomic mass is 32.1. The van der Waals surface area contributed by atoms with Crippen molar-refractivity contribution in [2.24, 2.45) is 5.92 Å². The van der Waals surface area contributed by atoms with Crippen molar-refractivity contribution in [3.8, 4) is 0 Å². The summed E-state index contributed by atoms with van der Waals surface area (Å²) in [4.78, 5) is 6.65. The van der Waals surface area contributed by atoms with Gasteiger partial charge in [-0.05, 0) is 32.4 Å². The molecule has 0 unspecified atom stereocenters. The van der Waals surface area contributed by atoms with Crippen LogP contribution in [0, 0.1) is 5.92 Å². The summed E-state index contributed by atoms with van der Waals surface area (Å²) in [5.74, 6) is 0.933. The molecule has 0 radical (unpaired) electrons. The predicted octanol–water partition coefficient (Wildman–Crippen LogP) is 2.74. The normalized spacial score (nSPS) is 17.4. The van der Waals surface area contributed by atoms with Gasteiger partial charge < -0.3 is 5.32 Å². The maximum absolute atomic E-state index is 4.31. The number of hydrogen-bond donors (Lipinski definition) is 1. The molecule has 4 heteroatoms. The minimum absolute atomic E-state index is 0.933. The first-order chi connectivity index (χ1) is 8.84. The molecule has 1 aliphatic carbocycles. The monoisotopic (exact) mass is 267 g/mol. The minimum Gasteiger partial charge on any atom is -0.315 e. The summed E-state index contributed by atoms with van der Waals surface area (Å²) in [5.41, 5.74) is 3.10. The molecule has 1 aliphatic rings. The van der Waals surface area contributed by atoms with Crippen LogP contribution in [0.5, 0.6) is 0 Å². The molecule has 0 bridgehead atoms. The molecule has 3 nitrogen and oxygen atoms in total. The Kier molecular flexibility index (Phi) is 6.11. The van der Waals surface area contributed by atoms with Gasteiger partial charge in [-0.1, -0.05) is 19.3 Å². The fourth-order valence-electron chi connectivity index (χ4n) is 2.64. The molecule has 18 heavy (non-hydrogen) atoms. The minimum atomic E-state index is 0.933. The lowest BCUT2D eigenvalue weighted by Gasteiger charge is -2.22. The molecule has 0 spiro atoms. The molecule has 0 atom stereocenters. The Morgan fingerprint density at radius 1 is 1.39 bits per heavy atom. The summed E-state index contributed by atoms with van der Waals surface area (Å²) in [6.07, 6.45) is 7.20. The molecule has 102 valence electrons. The second kappa shape index (κ2) is 7.87. The van der Waals surface area contributed by atoms with Gasteiger partial charge in [0, 0.05) is 25.0 Å². The molecule has 2 rings (SSSR count). The van der Waals surface area contributed by atoms with Crippen LogP contribution >= 0.6 is 11.3 Å². The van der Waals surface area contributed by atoms with E-state index in [4.69, 9.17) is 0 Å². The van der Waals surface area contributed by atoms with E-state index in [9.17, 15) is 0 Å². The zero-order valence-corrected chi connectivity index (χ0v) is 12.2. The summed E-state index contributed by atoms with van der Waals surface area (Å²) in [7, 11) is 2.17. The molecule has 0 amide bonds. The SMILES string of the molecule is CN(CCNCC1CCCCC1)Cc1cscn1. The lowest BCUT2D eigenvalue weighted by molar-refractivity contribution is 0.302. The Balaban J connectivity index is 1.52. The van der Waals surface area contributed by atoms with Gasteiger partial charge in [0.15, 0.2) is 0 Å². The molecular formula is C14H25N3S. The topological polar surface area (TPSA) is 28.2 Å². The van der Waals surface area contributed by atoms with E-state index in [2.05, 4.69) is 27.6 Å². The van der Waals surface area contributed by atoms with Crippen LogP contribution in [0.2, 0.25) is 0 Å². The molecule has 1 heterocycles. The number of hydrogen-bond acceptors (Lipinski definition) is 4. The Hall–Kier alpha value is -0.450. The average Bonchev–Trinajstić information content (AvgIpc) is 2.89. The molecular weight excluding hydrogens is 242 g/mol. The first kappa shape index (κ1) is 14.0. The lowest BCUT2D eigenvalue weighted by Crippen LogP contribution is -2.32. The van der Waals surface area contributed by atoms with Gasteiger partial charge in [0.25, 0.3) is 0 Å². The number of nitrogens with one attached hydrogen (secondary N) is 1. The van der Waals surface area contributed by atoms with Gasteiger partial charge in [0.05, 0.1) is 11.2 Å². The fraction of sp³-hybridized carbons (Fsp3) is 0.786. The molecule has 1 aromatic heterocycles. The summed E-state index contributed by atoms with van der Waals surface area (Å²) in [5, 5.41) is 5.74. The largest absolute Gasteiger partial charge is 0.315 e. The first-order valence-electron chi connectivity index (χ1n) is 7.11. The lowest BCUT2D eigenvalue weighted by atomic mass is 9.89. The highest BCUT2D eigenvalue weighted by Crippen LogP contribution is 2.22. The molecule has 0 aromatic carbocycles. The van der Waals surface area contributed by atoms with Crippen LogP contribution in [0.3, 0.4) is 0 Å². The molecule has 1 N–H and O–H groups in total. The van der Waals surface area contributed by atoms with Crippen molar-refractivity contribution in [2.45, 2.75) is 38.6 Å². The van der Waals surface area contributed by atoms with Gasteiger partial charge >= 0.3 is 0 Å². The highest BCUT2D eigenvalue weighted by Gasteiger charge is 2.12. The third kappa shape index (κ3) is 5.04. The van der Waals surface area contributed by atoms with Crippen molar-refractivity contribution in [1.29, 1.82) is 0 Å². The summed E-state index contributed by atoms with van der Waals surface area (Å²) in [6.45, 7) is 4.38. The fourth-order valence-corrected chi connectivity index (χ4v) is 3.19. The van der Waals surface area contributed by atoms with Gasteiger partial charge in [0.2, 0.25) is 0 Å². The maximum Gasteiger partial charge on any atom is 0.0795 e. The van der Waals surface area contributed by atoms with E-state index >= 15 is 0 Å². The van der Waals surface area contributed by atoms with Crippen molar-refractivity contribution in [3.05, 3.63) is 16.6 Å². The van der Waals surface area contributed by atoms with Crippen LogP contribution in [0.15, 0.2) is 10.9 Å². The predicted molar refractivity (Wildman–Crippen MR) is 77.9 cm³/mol. The third-order valence-electron chi connectivity index (χ3n) is 3.74. The smallest absolute Gasteiger partial charge is 0.0795 e. The number of aromatic nitrogens is 1. The first-order valence-corrected chi connectivity index (χ1v) is 8.05. The molecule has 0 aliphatic heterocycles. The van der Waals surface area contributed by atoms with E-state index < -0.39 is 0 Å². The van der Waals surface area contributed by atoms with Crippen molar-refractivity contribution < 1.29 is 0 Å². The molecule has 1 aromatic rings. The average molecular weight is 267 g/mol. The number of nitrogens with zero attached hydrogens (tertiary/aromatic N) is 2. The van der Waals surface area contributed by atoms with Crippen LogP contribution in [0.1, 0.15) is 37.8 Å². The van der Waals surface area contributed by atoms with Crippen LogP contribution in [0.4, 0.5) is 0 Å². The van der Waals surface area contributed by atoms with Gasteiger partial charge in [-0.25, -0.2) is 4.98 Å². The second-order valence-electron chi connectivity index (χ2n) is 5.43. The zero-order chi connectivity index (χ0) is 12.6. The summed E-state index contributed by atoms with van der Waals surface area (Å²) >= 11 is 1.68. The van der Waals surface area contributed by atoms with Crippen molar-refractivity contribution in [3.63, 3.8) is 0 Å². The quantitative estimate of drug-likeness (QED) is 0.770. The van der Waals surface area contributed by atoms with Crippen LogP contribution in [-0.2, 0) is 6.54 Å². The van der Waals surface area contributed by atoms with E-state index in [0.29, 0.717) is 0 Å². The van der Waals surface area contributed by atoms with Gasteiger partial charge in [-0.2, -0.15) is 0 Å². The van der Waals surface area contributed by atoms with Crippen LogP contribution < -0.4 is 5.32 Å². The number of thiazole rings is 1. The Bertz CT molecular complexity index is 307. The maximum atomic E-state index is 4.31. The highest BCUT2D eigenvalue weighted by molar-refractivity contribution is 7.07. The Morgan fingerprint density at radius 2 is 2.22 bits per heavy atom. The van der Waals surface area contributed by atoms with E-state index in [0.717, 1.165) is 25.6 Å². The van der Waals surface area contributed by atoms with Crippen LogP contribution in [0.25, 0.3) is 0 Å². The molecule has 0 saturated heterocycles. The Morgan fingerprint density at radius 3 is 2.94 bits per heavy atom. The van der Waals surface area contributed by atoms with Gasteiger partial charge in [-0.3, -0.25) is 4.90 Å². The number of rotatable bonds is 7. The zero-order valence-electron chi connectivity index (χ0n) is 11.4. The van der Waals surface area contributed by atoms with Crippen LogP contribution in [-0.4, -0.2) is 36.6 Å². The van der Waals surface area contributed by atoms with E-state index in [1.165, 1.54) is 44.3 Å². The standard InChI is InChI=1S/C14H25N3S/c1-17(10-14-11-18-12-16-14)8-7-15-9-13-5-3-2-4-6-13/h11-13,15H,2-10H2,1H3. The summed E-state index contributed by atoms with van der Waals surface area (Å²) < 4.78 is 0. The third-order valence-corrected chi connectivity index (χ3v) is 4.38. The second-order valence-corrected chi connectivity index (χ2v) is 6.14. The molecule has 1 saturated carbocycles. The van der Waals surface area contributed by atoms with Crippen molar-refractivity contribution in [1.82, 2.24) is 15.2 Å². The number of likely N-dealkylation sites (N-methyl/N-ethyl adjacent to an activating group) is 1. The van der Waals surface area contributed by atoms with E-state index in [1.54, 1.807) is 11.3 Å².